The quantitative estimate of drug-likeness (QED) is 0.391. The molecular weight excluding hydrogens is 374 g/mol. The number of carbonyl (C=O) groups excluding carboxylic acids is 1. The predicted molar refractivity (Wildman–Crippen MR) is 113 cm³/mol. The number of rotatable bonds is 10. The van der Waals surface area contributed by atoms with Crippen molar-refractivity contribution in [3.05, 3.63) is 23.8 Å². The van der Waals surface area contributed by atoms with Gasteiger partial charge >= 0.3 is 0 Å². The monoisotopic (exact) mass is 401 g/mol. The molecule has 140 valence electrons. The Morgan fingerprint density at radius 2 is 2.04 bits per heavy atom. The molecule has 1 heterocycles. The molecule has 1 aliphatic rings. The van der Waals surface area contributed by atoms with Crippen molar-refractivity contribution in [2.45, 2.75) is 44.1 Å². The number of para-hydroxylation sites is 1. The number of alkyl halides is 1. The number of unbranched alkanes of at least 4 members (excludes halogenated alkanes) is 3. The van der Waals surface area contributed by atoms with Crippen LogP contribution in [-0.4, -0.2) is 41.0 Å². The van der Waals surface area contributed by atoms with Crippen LogP contribution in [0.25, 0.3) is 0 Å². The molecule has 0 atom stereocenters. The maximum atomic E-state index is 12.5. The van der Waals surface area contributed by atoms with E-state index in [1.807, 2.05) is 53.5 Å². The van der Waals surface area contributed by atoms with Gasteiger partial charge in [-0.25, -0.2) is 0 Å². The van der Waals surface area contributed by atoms with Crippen molar-refractivity contribution in [1.82, 2.24) is 0 Å². The number of hydrogen-bond acceptors (Lipinski definition) is 4. The van der Waals surface area contributed by atoms with Gasteiger partial charge in [-0.3, -0.25) is 4.79 Å². The number of amides is 1. The van der Waals surface area contributed by atoms with Gasteiger partial charge in [-0.05, 0) is 25.0 Å². The SMILES string of the molecule is CCCCCCOc1cccc(C)c1N(CC1SCCS1)C(=O)CCl. The third kappa shape index (κ3) is 6.30. The van der Waals surface area contributed by atoms with E-state index < -0.39 is 0 Å². The van der Waals surface area contributed by atoms with Crippen molar-refractivity contribution in [1.29, 1.82) is 0 Å². The lowest BCUT2D eigenvalue weighted by Gasteiger charge is -2.28. The van der Waals surface area contributed by atoms with E-state index >= 15 is 0 Å². The second-order valence-corrected chi connectivity index (χ2v) is 9.33. The number of ether oxygens (including phenoxy) is 1. The van der Waals surface area contributed by atoms with Gasteiger partial charge in [-0.1, -0.05) is 38.3 Å². The molecule has 3 nitrogen and oxygen atoms in total. The van der Waals surface area contributed by atoms with Gasteiger partial charge in [0.25, 0.3) is 0 Å². The Kier molecular flexibility index (Phi) is 9.35. The van der Waals surface area contributed by atoms with Gasteiger partial charge in [0.15, 0.2) is 0 Å². The van der Waals surface area contributed by atoms with Crippen LogP contribution in [0.3, 0.4) is 0 Å². The third-order valence-electron chi connectivity index (χ3n) is 4.16. The van der Waals surface area contributed by atoms with Gasteiger partial charge in [0.05, 0.1) is 16.9 Å². The third-order valence-corrected chi connectivity index (χ3v) is 7.39. The number of benzene rings is 1. The average Bonchev–Trinajstić information content (AvgIpc) is 3.13. The fourth-order valence-corrected chi connectivity index (χ4v) is 5.77. The smallest absolute Gasteiger partial charge is 0.242 e. The molecule has 0 spiro atoms. The van der Waals surface area contributed by atoms with Gasteiger partial charge < -0.3 is 9.64 Å². The van der Waals surface area contributed by atoms with Crippen LogP contribution in [0.4, 0.5) is 5.69 Å². The summed E-state index contributed by atoms with van der Waals surface area (Å²) in [4.78, 5) is 14.4. The number of hydrogen-bond donors (Lipinski definition) is 0. The van der Waals surface area contributed by atoms with E-state index in [-0.39, 0.29) is 11.8 Å². The second-order valence-electron chi connectivity index (χ2n) is 6.14. The van der Waals surface area contributed by atoms with Crippen LogP contribution in [-0.2, 0) is 4.79 Å². The van der Waals surface area contributed by atoms with Crippen LogP contribution in [0, 0.1) is 6.92 Å². The van der Waals surface area contributed by atoms with Crippen molar-refractivity contribution in [3.63, 3.8) is 0 Å². The van der Waals surface area contributed by atoms with Gasteiger partial charge in [-0.2, -0.15) is 0 Å². The van der Waals surface area contributed by atoms with Gasteiger partial charge in [0, 0.05) is 18.1 Å². The number of halogens is 1. The summed E-state index contributed by atoms with van der Waals surface area (Å²) in [6, 6.07) is 5.98. The minimum absolute atomic E-state index is 0.00761. The number of thioether (sulfide) groups is 2. The highest BCUT2D eigenvalue weighted by Gasteiger charge is 2.26. The summed E-state index contributed by atoms with van der Waals surface area (Å²) in [6.45, 7) is 5.60. The van der Waals surface area contributed by atoms with Crippen molar-refractivity contribution in [3.8, 4) is 5.75 Å². The summed E-state index contributed by atoms with van der Waals surface area (Å²) in [7, 11) is 0. The molecule has 0 bridgehead atoms. The largest absolute Gasteiger partial charge is 0.491 e. The van der Waals surface area contributed by atoms with Crippen LogP contribution in [0.2, 0.25) is 0 Å². The predicted octanol–water partition coefficient (Wildman–Crippen LogP) is 5.33. The maximum Gasteiger partial charge on any atom is 0.242 e. The molecule has 0 saturated carbocycles. The van der Waals surface area contributed by atoms with Crippen LogP contribution >= 0.6 is 35.1 Å². The summed E-state index contributed by atoms with van der Waals surface area (Å²) in [6.07, 6.45) is 4.66. The van der Waals surface area contributed by atoms with E-state index in [0.29, 0.717) is 17.7 Å². The Morgan fingerprint density at radius 3 is 2.72 bits per heavy atom. The van der Waals surface area contributed by atoms with E-state index in [1.54, 1.807) is 0 Å². The molecular formula is C19H28ClNO2S2. The molecule has 1 saturated heterocycles. The number of anilines is 1. The summed E-state index contributed by atoms with van der Waals surface area (Å²) in [5, 5.41) is 0. The number of carbonyl (C=O) groups is 1. The van der Waals surface area contributed by atoms with Crippen molar-refractivity contribution in [2.24, 2.45) is 0 Å². The normalized spacial score (nSPS) is 14.7. The molecule has 1 aromatic carbocycles. The topological polar surface area (TPSA) is 29.5 Å². The Bertz CT molecular complexity index is 550. The van der Waals surface area contributed by atoms with Crippen LogP contribution in [0.1, 0.15) is 38.2 Å². The Morgan fingerprint density at radius 1 is 1.28 bits per heavy atom. The first-order valence-corrected chi connectivity index (χ1v) is 11.6. The van der Waals surface area contributed by atoms with E-state index in [1.165, 1.54) is 19.3 Å². The summed E-state index contributed by atoms with van der Waals surface area (Å²) >= 11 is 9.74. The highest BCUT2D eigenvalue weighted by Crippen LogP contribution is 2.37. The lowest BCUT2D eigenvalue weighted by molar-refractivity contribution is -0.116. The average molecular weight is 402 g/mol. The Balaban J connectivity index is 2.15. The fraction of sp³-hybridized carbons (Fsp3) is 0.632. The minimum Gasteiger partial charge on any atom is -0.491 e. The molecule has 25 heavy (non-hydrogen) atoms. The molecule has 1 aromatic rings. The summed E-state index contributed by atoms with van der Waals surface area (Å²) in [5.41, 5.74) is 1.94. The number of aryl methyl sites for hydroxylation is 1. The molecule has 0 N–H and O–H groups in total. The zero-order chi connectivity index (χ0) is 18.1. The van der Waals surface area contributed by atoms with E-state index in [9.17, 15) is 4.79 Å². The number of nitrogens with zero attached hydrogens (tertiary/aromatic N) is 1. The first-order chi connectivity index (χ1) is 12.2. The molecule has 0 aromatic heterocycles. The summed E-state index contributed by atoms with van der Waals surface area (Å²) in [5.74, 6) is 3.02. The summed E-state index contributed by atoms with van der Waals surface area (Å²) < 4.78 is 6.46. The zero-order valence-electron chi connectivity index (χ0n) is 15.1. The van der Waals surface area contributed by atoms with E-state index in [2.05, 4.69) is 6.92 Å². The highest BCUT2D eigenvalue weighted by atomic mass is 35.5. The van der Waals surface area contributed by atoms with Gasteiger partial charge in [0.2, 0.25) is 5.91 Å². The Hall–Kier alpha value is -0.520. The standard InChI is InChI=1S/C19H28ClNO2S2/c1-3-4-5-6-10-23-16-9-7-8-15(2)19(16)21(17(22)13-20)14-18-24-11-12-25-18/h7-9,18H,3-6,10-14H2,1-2H3. The van der Waals surface area contributed by atoms with Crippen molar-refractivity contribution >= 4 is 46.7 Å². The molecule has 0 aliphatic carbocycles. The van der Waals surface area contributed by atoms with Crippen LogP contribution < -0.4 is 9.64 Å². The Labute approximate surface area is 165 Å². The first-order valence-electron chi connectivity index (χ1n) is 8.99. The van der Waals surface area contributed by atoms with Crippen molar-refractivity contribution < 1.29 is 9.53 Å². The minimum atomic E-state index is -0.0556. The van der Waals surface area contributed by atoms with Gasteiger partial charge in [-0.15, -0.1) is 35.1 Å². The van der Waals surface area contributed by atoms with E-state index in [4.69, 9.17) is 16.3 Å². The van der Waals surface area contributed by atoms with Crippen LogP contribution in [0.5, 0.6) is 5.75 Å². The van der Waals surface area contributed by atoms with Crippen molar-refractivity contribution in [2.75, 3.05) is 35.4 Å². The van der Waals surface area contributed by atoms with Gasteiger partial charge in [0.1, 0.15) is 11.6 Å². The lowest BCUT2D eigenvalue weighted by Crippen LogP contribution is -2.37. The molecule has 0 unspecified atom stereocenters. The zero-order valence-corrected chi connectivity index (χ0v) is 17.5. The molecule has 1 fully saturated rings. The highest BCUT2D eigenvalue weighted by molar-refractivity contribution is 8.20. The molecule has 1 amide bonds. The van der Waals surface area contributed by atoms with Crippen LogP contribution in [0.15, 0.2) is 18.2 Å². The lowest BCUT2D eigenvalue weighted by atomic mass is 10.1. The molecule has 1 aliphatic heterocycles. The molecule has 6 heteroatoms. The second kappa shape index (κ2) is 11.2. The first kappa shape index (κ1) is 20.8. The molecule has 0 radical (unpaired) electrons. The maximum absolute atomic E-state index is 12.5. The molecule has 2 rings (SSSR count). The van der Waals surface area contributed by atoms with E-state index in [0.717, 1.165) is 34.9 Å². The fourth-order valence-electron chi connectivity index (χ4n) is 2.86.